The van der Waals surface area contributed by atoms with E-state index in [9.17, 15) is 4.79 Å². The molecule has 0 spiro atoms. The fourth-order valence-corrected chi connectivity index (χ4v) is 4.84. The molecule has 0 saturated heterocycles. The third kappa shape index (κ3) is 4.78. The van der Waals surface area contributed by atoms with Gasteiger partial charge in [0.05, 0.1) is 31.3 Å². The number of benzene rings is 2. The number of rotatable bonds is 7. The molecule has 0 saturated carbocycles. The van der Waals surface area contributed by atoms with E-state index in [0.29, 0.717) is 32.2 Å². The Balaban J connectivity index is 1.60. The minimum atomic E-state index is -0.276. The lowest BCUT2D eigenvalue weighted by Gasteiger charge is -2.09. The number of aryl methyl sites for hydroxylation is 2. The highest BCUT2D eigenvalue weighted by atomic mass is 35.5. The molecule has 0 aliphatic carbocycles. The number of anilines is 1. The zero-order chi connectivity index (χ0) is 24.4. The Morgan fingerprint density at radius 1 is 1.06 bits per heavy atom. The minimum Gasteiger partial charge on any atom is -0.497 e. The number of carbonyl (C=O) groups is 1. The number of halogens is 1. The van der Waals surface area contributed by atoms with Crippen LogP contribution in [-0.4, -0.2) is 34.9 Å². The van der Waals surface area contributed by atoms with E-state index < -0.39 is 0 Å². The second-order valence-corrected chi connectivity index (χ2v) is 9.21. The van der Waals surface area contributed by atoms with E-state index in [-0.39, 0.29) is 5.91 Å². The van der Waals surface area contributed by atoms with Crippen LogP contribution in [-0.2, 0) is 6.42 Å². The van der Waals surface area contributed by atoms with Crippen molar-refractivity contribution in [2.75, 3.05) is 19.5 Å². The van der Waals surface area contributed by atoms with Crippen LogP contribution in [0.5, 0.6) is 11.5 Å². The predicted octanol–water partition coefficient (Wildman–Crippen LogP) is 5.77. The summed E-state index contributed by atoms with van der Waals surface area (Å²) in [5.41, 5.74) is 5.34. The van der Waals surface area contributed by atoms with Gasteiger partial charge in [0.15, 0.2) is 0 Å². The number of aromatic nitrogens is 3. The summed E-state index contributed by atoms with van der Waals surface area (Å²) in [4.78, 5) is 18.2. The van der Waals surface area contributed by atoms with E-state index >= 15 is 0 Å². The molecule has 7 nitrogen and oxygen atoms in total. The number of thiazole rings is 1. The fourth-order valence-electron chi connectivity index (χ4n) is 3.70. The first-order chi connectivity index (χ1) is 16.3. The van der Waals surface area contributed by atoms with Gasteiger partial charge in [0.25, 0.3) is 5.91 Å². The van der Waals surface area contributed by atoms with Crippen molar-refractivity contribution in [3.8, 4) is 16.6 Å². The molecular weight excluding hydrogens is 472 g/mol. The molecule has 0 aliphatic rings. The molecule has 2 aromatic carbocycles. The van der Waals surface area contributed by atoms with E-state index in [1.165, 1.54) is 11.3 Å². The van der Waals surface area contributed by atoms with Crippen LogP contribution >= 0.6 is 22.9 Å². The molecule has 0 radical (unpaired) electrons. The van der Waals surface area contributed by atoms with E-state index in [2.05, 4.69) is 22.4 Å². The van der Waals surface area contributed by atoms with Crippen LogP contribution in [0, 0.1) is 20.8 Å². The van der Waals surface area contributed by atoms with Crippen molar-refractivity contribution in [3.63, 3.8) is 0 Å². The maximum Gasteiger partial charge on any atom is 0.267 e. The lowest BCUT2D eigenvalue weighted by atomic mass is 10.0. The van der Waals surface area contributed by atoms with E-state index in [0.717, 1.165) is 34.7 Å². The molecule has 9 heteroatoms. The Bertz CT molecular complexity index is 1350. The molecule has 4 aromatic rings. The molecule has 2 aromatic heterocycles. The van der Waals surface area contributed by atoms with Crippen molar-refractivity contribution < 1.29 is 14.3 Å². The number of ether oxygens (including phenoxy) is 2. The van der Waals surface area contributed by atoms with Crippen LogP contribution in [0.4, 0.5) is 5.69 Å². The lowest BCUT2D eigenvalue weighted by Crippen LogP contribution is -2.12. The van der Waals surface area contributed by atoms with Crippen molar-refractivity contribution in [3.05, 3.63) is 80.6 Å². The molecule has 2 heterocycles. The van der Waals surface area contributed by atoms with E-state index in [4.69, 9.17) is 26.2 Å². The third-order valence-electron chi connectivity index (χ3n) is 5.56. The highest BCUT2D eigenvalue weighted by molar-refractivity contribution is 7.16. The van der Waals surface area contributed by atoms with Gasteiger partial charge in [0, 0.05) is 22.7 Å². The second kappa shape index (κ2) is 9.87. The van der Waals surface area contributed by atoms with Crippen LogP contribution in [0.3, 0.4) is 0 Å². The number of carbonyl (C=O) groups excluding carboxylic acids is 1. The van der Waals surface area contributed by atoms with Crippen molar-refractivity contribution >= 4 is 34.5 Å². The largest absolute Gasteiger partial charge is 0.497 e. The number of hydrogen-bond acceptors (Lipinski definition) is 6. The zero-order valence-corrected chi connectivity index (χ0v) is 21.2. The van der Waals surface area contributed by atoms with Gasteiger partial charge in [0.2, 0.25) is 5.13 Å². The van der Waals surface area contributed by atoms with E-state index in [1.54, 1.807) is 32.4 Å². The van der Waals surface area contributed by atoms with Gasteiger partial charge in [0.1, 0.15) is 16.4 Å². The predicted molar refractivity (Wildman–Crippen MR) is 135 cm³/mol. The first-order valence-corrected chi connectivity index (χ1v) is 11.8. The molecule has 0 fully saturated rings. The summed E-state index contributed by atoms with van der Waals surface area (Å²) in [6.45, 7) is 5.82. The van der Waals surface area contributed by atoms with Crippen molar-refractivity contribution in [2.45, 2.75) is 27.2 Å². The molecule has 0 atom stereocenters. The van der Waals surface area contributed by atoms with Crippen LogP contribution in [0.15, 0.2) is 42.5 Å². The first kappa shape index (κ1) is 23.8. The van der Waals surface area contributed by atoms with Gasteiger partial charge in [-0.15, -0.1) is 0 Å². The van der Waals surface area contributed by atoms with Gasteiger partial charge in [-0.2, -0.15) is 5.10 Å². The van der Waals surface area contributed by atoms with Gasteiger partial charge in [-0.1, -0.05) is 35.1 Å². The topological polar surface area (TPSA) is 78.3 Å². The SMILES string of the molecule is COc1ccc(Cc2c(C)nn(-c3nc(C)c(C(=O)Nc4cc(Cl)ccc4OC)s3)c2C)cc1. The number of amides is 1. The molecule has 4 rings (SSSR count). The molecule has 1 N–H and O–H groups in total. The summed E-state index contributed by atoms with van der Waals surface area (Å²) in [5, 5.41) is 8.74. The zero-order valence-electron chi connectivity index (χ0n) is 19.6. The van der Waals surface area contributed by atoms with Gasteiger partial charge in [-0.3, -0.25) is 4.79 Å². The average Bonchev–Trinajstić information content (AvgIpc) is 3.34. The Morgan fingerprint density at radius 3 is 2.47 bits per heavy atom. The standard InChI is InChI=1S/C25H25ClN4O3S/c1-14-20(12-17-6-9-19(32-4)10-7-17)16(3)30(29-14)25-27-15(2)23(34-25)24(31)28-21-13-18(26)8-11-22(21)33-5/h6-11,13H,12H2,1-5H3,(H,28,31). The molecular formula is C25H25ClN4O3S. The lowest BCUT2D eigenvalue weighted by molar-refractivity contribution is 0.102. The van der Waals surface area contributed by atoms with Gasteiger partial charge in [-0.05, 0) is 56.7 Å². The Kier molecular flexibility index (Phi) is 6.90. The van der Waals surface area contributed by atoms with E-state index in [1.807, 2.05) is 37.6 Å². The number of nitrogens with zero attached hydrogens (tertiary/aromatic N) is 3. The summed E-state index contributed by atoms with van der Waals surface area (Å²) in [5.74, 6) is 1.08. The molecule has 34 heavy (non-hydrogen) atoms. The summed E-state index contributed by atoms with van der Waals surface area (Å²) < 4.78 is 12.4. The average molecular weight is 497 g/mol. The van der Waals surface area contributed by atoms with Crippen LogP contribution < -0.4 is 14.8 Å². The van der Waals surface area contributed by atoms with Crippen LogP contribution in [0.25, 0.3) is 5.13 Å². The molecule has 0 bridgehead atoms. The molecule has 0 unspecified atom stereocenters. The van der Waals surface area contributed by atoms with Crippen molar-refractivity contribution in [1.82, 2.24) is 14.8 Å². The maximum absolute atomic E-state index is 13.0. The normalized spacial score (nSPS) is 10.9. The summed E-state index contributed by atoms with van der Waals surface area (Å²) >= 11 is 7.38. The first-order valence-electron chi connectivity index (χ1n) is 10.6. The number of hydrogen-bond donors (Lipinski definition) is 1. The highest BCUT2D eigenvalue weighted by Gasteiger charge is 2.21. The maximum atomic E-state index is 13.0. The minimum absolute atomic E-state index is 0.276. The number of methoxy groups -OCH3 is 2. The molecule has 1 amide bonds. The fraction of sp³-hybridized carbons (Fsp3) is 0.240. The highest BCUT2D eigenvalue weighted by Crippen LogP contribution is 2.30. The Morgan fingerprint density at radius 2 is 1.79 bits per heavy atom. The van der Waals surface area contributed by atoms with Gasteiger partial charge >= 0.3 is 0 Å². The molecule has 176 valence electrons. The summed E-state index contributed by atoms with van der Waals surface area (Å²) in [7, 11) is 3.20. The summed E-state index contributed by atoms with van der Waals surface area (Å²) in [6, 6.07) is 13.1. The molecule has 0 aliphatic heterocycles. The van der Waals surface area contributed by atoms with Crippen molar-refractivity contribution in [1.29, 1.82) is 0 Å². The summed E-state index contributed by atoms with van der Waals surface area (Å²) in [6.07, 6.45) is 0.744. The monoisotopic (exact) mass is 496 g/mol. The van der Waals surface area contributed by atoms with Crippen molar-refractivity contribution in [2.24, 2.45) is 0 Å². The Labute approximate surface area is 207 Å². The van der Waals surface area contributed by atoms with Crippen LogP contribution in [0.1, 0.15) is 37.9 Å². The van der Waals surface area contributed by atoms with Gasteiger partial charge in [-0.25, -0.2) is 9.67 Å². The second-order valence-electron chi connectivity index (χ2n) is 7.80. The quantitative estimate of drug-likeness (QED) is 0.351. The Hall–Kier alpha value is -3.36. The van der Waals surface area contributed by atoms with Crippen LogP contribution in [0.2, 0.25) is 5.02 Å². The van der Waals surface area contributed by atoms with Gasteiger partial charge < -0.3 is 14.8 Å². The third-order valence-corrected chi connectivity index (χ3v) is 6.93. The smallest absolute Gasteiger partial charge is 0.267 e. The number of nitrogens with one attached hydrogen (secondary N) is 1.